The van der Waals surface area contributed by atoms with Crippen molar-refractivity contribution in [2.24, 2.45) is 5.92 Å². The molecule has 0 saturated carbocycles. The lowest BCUT2D eigenvalue weighted by molar-refractivity contribution is -0.154. The van der Waals surface area contributed by atoms with Crippen molar-refractivity contribution in [3.63, 3.8) is 0 Å². The van der Waals surface area contributed by atoms with Gasteiger partial charge in [0.05, 0.1) is 0 Å². The van der Waals surface area contributed by atoms with E-state index >= 15 is 0 Å². The number of imide groups is 1. The Bertz CT molecular complexity index is 366. The Balaban J connectivity index is 3.11. The standard InChI is InChI=1S/C11H18N2O4/c1-7(2)5-11(3,9(15)16)13-8(14)6-12(4)10(13)17/h7H,5-6H2,1-4H3,(H,15,16). The molecule has 0 aliphatic carbocycles. The summed E-state index contributed by atoms with van der Waals surface area (Å²) in [7, 11) is 1.48. The van der Waals surface area contributed by atoms with E-state index in [2.05, 4.69) is 0 Å². The minimum absolute atomic E-state index is 0.0558. The van der Waals surface area contributed by atoms with Crippen molar-refractivity contribution < 1.29 is 19.5 Å². The Hall–Kier alpha value is -1.59. The molecule has 0 radical (unpaired) electrons. The maximum Gasteiger partial charge on any atom is 0.329 e. The van der Waals surface area contributed by atoms with E-state index in [1.807, 2.05) is 13.8 Å². The molecule has 3 amide bonds. The van der Waals surface area contributed by atoms with E-state index in [1.54, 1.807) is 0 Å². The smallest absolute Gasteiger partial charge is 0.329 e. The molecule has 1 aliphatic heterocycles. The second-order valence-electron chi connectivity index (χ2n) is 5.04. The average Bonchev–Trinajstić information content (AvgIpc) is 2.39. The van der Waals surface area contributed by atoms with Crippen molar-refractivity contribution >= 4 is 17.9 Å². The Morgan fingerprint density at radius 2 is 2.00 bits per heavy atom. The first kappa shape index (κ1) is 13.5. The largest absolute Gasteiger partial charge is 0.479 e. The van der Waals surface area contributed by atoms with E-state index in [0.717, 1.165) is 4.90 Å². The Labute approximate surface area is 100 Å². The quantitative estimate of drug-likeness (QED) is 0.738. The molecular formula is C11H18N2O4. The van der Waals surface area contributed by atoms with Gasteiger partial charge in [-0.05, 0) is 19.3 Å². The van der Waals surface area contributed by atoms with Gasteiger partial charge in [0.1, 0.15) is 12.1 Å². The third-order valence-corrected chi connectivity index (χ3v) is 2.90. The summed E-state index contributed by atoms with van der Waals surface area (Å²) in [4.78, 5) is 37.0. The monoisotopic (exact) mass is 242 g/mol. The highest BCUT2D eigenvalue weighted by atomic mass is 16.4. The van der Waals surface area contributed by atoms with Gasteiger partial charge in [-0.25, -0.2) is 14.5 Å². The van der Waals surface area contributed by atoms with Crippen molar-refractivity contribution in [3.05, 3.63) is 0 Å². The number of urea groups is 1. The van der Waals surface area contributed by atoms with Crippen molar-refractivity contribution in [2.75, 3.05) is 13.6 Å². The van der Waals surface area contributed by atoms with Gasteiger partial charge in [0, 0.05) is 7.05 Å². The van der Waals surface area contributed by atoms with Crippen molar-refractivity contribution in [1.29, 1.82) is 0 Å². The molecule has 0 aromatic heterocycles. The lowest BCUT2D eigenvalue weighted by Crippen LogP contribution is -2.56. The minimum atomic E-state index is -1.47. The summed E-state index contributed by atoms with van der Waals surface area (Å²) in [6.45, 7) is 5.08. The van der Waals surface area contributed by atoms with Gasteiger partial charge in [0.15, 0.2) is 0 Å². The zero-order valence-electron chi connectivity index (χ0n) is 10.6. The van der Waals surface area contributed by atoms with E-state index < -0.39 is 23.4 Å². The van der Waals surface area contributed by atoms with Crippen LogP contribution in [0.3, 0.4) is 0 Å². The van der Waals surface area contributed by atoms with Gasteiger partial charge in [-0.15, -0.1) is 0 Å². The highest BCUT2D eigenvalue weighted by Gasteiger charge is 2.50. The van der Waals surface area contributed by atoms with Gasteiger partial charge < -0.3 is 10.0 Å². The molecule has 0 spiro atoms. The number of hydrogen-bond acceptors (Lipinski definition) is 3. The number of nitrogens with zero attached hydrogens (tertiary/aromatic N) is 2. The fourth-order valence-corrected chi connectivity index (χ4v) is 2.17. The first-order valence-corrected chi connectivity index (χ1v) is 5.51. The molecule has 96 valence electrons. The SMILES string of the molecule is CC(C)CC(C)(C(=O)O)N1C(=O)CN(C)C1=O. The summed E-state index contributed by atoms with van der Waals surface area (Å²) in [5.41, 5.74) is -1.47. The van der Waals surface area contributed by atoms with Crippen LogP contribution in [0.2, 0.25) is 0 Å². The molecule has 1 saturated heterocycles. The van der Waals surface area contributed by atoms with Gasteiger partial charge in [-0.3, -0.25) is 4.79 Å². The zero-order chi connectivity index (χ0) is 13.4. The summed E-state index contributed by atoms with van der Waals surface area (Å²) in [5, 5.41) is 9.30. The van der Waals surface area contributed by atoms with E-state index in [9.17, 15) is 19.5 Å². The van der Waals surface area contributed by atoms with E-state index in [-0.39, 0.29) is 18.9 Å². The molecule has 1 rings (SSSR count). The maximum absolute atomic E-state index is 11.8. The Kier molecular flexibility index (Phi) is 3.45. The third-order valence-electron chi connectivity index (χ3n) is 2.90. The van der Waals surface area contributed by atoms with Gasteiger partial charge in [0.2, 0.25) is 0 Å². The molecule has 1 aliphatic rings. The van der Waals surface area contributed by atoms with Crippen molar-refractivity contribution in [3.8, 4) is 0 Å². The number of carboxylic acids is 1. The Morgan fingerprint density at radius 1 is 1.47 bits per heavy atom. The predicted octanol–water partition coefficient (Wildman–Crippen LogP) is 0.770. The molecule has 17 heavy (non-hydrogen) atoms. The first-order valence-electron chi connectivity index (χ1n) is 5.51. The van der Waals surface area contributed by atoms with Crippen LogP contribution in [0, 0.1) is 5.92 Å². The number of aliphatic carboxylic acids is 1. The summed E-state index contributed by atoms with van der Waals surface area (Å²) >= 11 is 0. The van der Waals surface area contributed by atoms with Crippen LogP contribution < -0.4 is 0 Å². The normalized spacial score (nSPS) is 20.1. The highest BCUT2D eigenvalue weighted by molar-refractivity contribution is 6.06. The number of hydrogen-bond donors (Lipinski definition) is 1. The van der Waals surface area contributed by atoms with Crippen LogP contribution in [0.4, 0.5) is 4.79 Å². The summed E-state index contributed by atoms with van der Waals surface area (Å²) in [5.74, 6) is -1.53. The van der Waals surface area contributed by atoms with Gasteiger partial charge in [-0.2, -0.15) is 0 Å². The third kappa shape index (κ3) is 2.25. The van der Waals surface area contributed by atoms with Crippen LogP contribution in [0.1, 0.15) is 27.2 Å². The fourth-order valence-electron chi connectivity index (χ4n) is 2.17. The molecule has 0 bridgehead atoms. The average molecular weight is 242 g/mol. The second kappa shape index (κ2) is 4.35. The molecule has 0 aromatic carbocycles. The van der Waals surface area contributed by atoms with Crippen LogP contribution >= 0.6 is 0 Å². The number of carboxylic acid groups (broad SMARTS) is 1. The number of carbonyl (C=O) groups is 3. The number of rotatable bonds is 4. The van der Waals surface area contributed by atoms with Crippen LogP contribution in [-0.4, -0.2) is 51.9 Å². The molecule has 6 heteroatoms. The molecule has 1 N–H and O–H groups in total. The van der Waals surface area contributed by atoms with E-state index in [0.29, 0.717) is 0 Å². The van der Waals surface area contributed by atoms with Crippen molar-refractivity contribution in [1.82, 2.24) is 9.80 Å². The van der Waals surface area contributed by atoms with Crippen LogP contribution in [0.15, 0.2) is 0 Å². The maximum atomic E-state index is 11.8. The van der Waals surface area contributed by atoms with Gasteiger partial charge >= 0.3 is 12.0 Å². The van der Waals surface area contributed by atoms with E-state index in [1.165, 1.54) is 18.9 Å². The van der Waals surface area contributed by atoms with Crippen LogP contribution in [-0.2, 0) is 9.59 Å². The Morgan fingerprint density at radius 3 is 2.29 bits per heavy atom. The summed E-state index contributed by atoms with van der Waals surface area (Å²) in [6, 6.07) is -0.541. The number of amides is 3. The molecule has 1 atom stereocenters. The van der Waals surface area contributed by atoms with Crippen molar-refractivity contribution in [2.45, 2.75) is 32.7 Å². The van der Waals surface area contributed by atoms with Crippen LogP contribution in [0.5, 0.6) is 0 Å². The zero-order valence-corrected chi connectivity index (χ0v) is 10.6. The molecule has 6 nitrogen and oxygen atoms in total. The lowest BCUT2D eigenvalue weighted by atomic mass is 9.89. The number of likely N-dealkylation sites (N-methyl/N-ethyl adjacent to an activating group) is 1. The number of carbonyl (C=O) groups excluding carboxylic acids is 2. The molecule has 0 aromatic rings. The lowest BCUT2D eigenvalue weighted by Gasteiger charge is -2.34. The molecule has 1 fully saturated rings. The van der Waals surface area contributed by atoms with Gasteiger partial charge in [-0.1, -0.05) is 13.8 Å². The molecule has 1 unspecified atom stereocenters. The van der Waals surface area contributed by atoms with Gasteiger partial charge in [0.25, 0.3) is 5.91 Å². The minimum Gasteiger partial charge on any atom is -0.479 e. The molecular weight excluding hydrogens is 224 g/mol. The van der Waals surface area contributed by atoms with E-state index in [4.69, 9.17) is 0 Å². The summed E-state index contributed by atoms with van der Waals surface area (Å²) in [6.07, 6.45) is 0.244. The fraction of sp³-hybridized carbons (Fsp3) is 0.727. The molecule has 1 heterocycles. The predicted molar refractivity (Wildman–Crippen MR) is 60.4 cm³/mol. The second-order valence-corrected chi connectivity index (χ2v) is 5.04. The highest BCUT2D eigenvalue weighted by Crippen LogP contribution is 2.28. The first-order chi connectivity index (χ1) is 7.70. The topological polar surface area (TPSA) is 77.9 Å². The van der Waals surface area contributed by atoms with Crippen LogP contribution in [0.25, 0.3) is 0 Å². The summed E-state index contributed by atoms with van der Waals surface area (Å²) < 4.78 is 0.